The first-order valence-corrected chi connectivity index (χ1v) is 11.7. The zero-order valence-electron chi connectivity index (χ0n) is 17.8. The fraction of sp³-hybridized carbons (Fsp3) is 0.619. The van der Waals surface area contributed by atoms with Gasteiger partial charge in [0.05, 0.1) is 4.90 Å². The van der Waals surface area contributed by atoms with Gasteiger partial charge in [-0.1, -0.05) is 19.1 Å². The molecule has 1 amide bonds. The molecule has 1 aromatic carbocycles. The second-order valence-electron chi connectivity index (χ2n) is 7.77. The zero-order chi connectivity index (χ0) is 21.6. The Hall–Kier alpha value is -1.77. The molecular weight excluding hydrogens is 390 g/mol. The Balaban J connectivity index is 1.87. The summed E-state index contributed by atoms with van der Waals surface area (Å²) < 4.78 is 27.1. The van der Waals surface area contributed by atoms with E-state index in [0.717, 1.165) is 13.1 Å². The van der Waals surface area contributed by atoms with Crippen molar-refractivity contribution in [3.63, 3.8) is 0 Å². The monoisotopic (exact) mass is 423 g/mol. The highest BCUT2D eigenvalue weighted by molar-refractivity contribution is 7.89. The molecule has 1 aromatic rings. The Morgan fingerprint density at radius 2 is 1.76 bits per heavy atom. The van der Waals surface area contributed by atoms with Crippen molar-refractivity contribution in [3.8, 4) is 0 Å². The highest BCUT2D eigenvalue weighted by Gasteiger charge is 2.32. The van der Waals surface area contributed by atoms with Gasteiger partial charge in [0.25, 0.3) is 0 Å². The Morgan fingerprint density at radius 3 is 2.24 bits per heavy atom. The molecular formula is C21H33N3O4S. The van der Waals surface area contributed by atoms with Crippen molar-refractivity contribution in [3.05, 3.63) is 29.8 Å². The molecule has 7 nitrogen and oxygen atoms in total. The second kappa shape index (κ2) is 10.3. The van der Waals surface area contributed by atoms with Crippen molar-refractivity contribution in [2.24, 2.45) is 5.92 Å². The smallest absolute Gasteiger partial charge is 0.243 e. The first-order chi connectivity index (χ1) is 13.7. The third kappa shape index (κ3) is 6.10. The number of amides is 1. The summed E-state index contributed by atoms with van der Waals surface area (Å²) in [6.07, 6.45) is 1.02. The second-order valence-corrected chi connectivity index (χ2v) is 9.71. The van der Waals surface area contributed by atoms with Crippen LogP contribution in [0.3, 0.4) is 0 Å². The maximum absolute atomic E-state index is 12.8. The number of piperidine rings is 1. The molecule has 1 N–H and O–H groups in total. The minimum atomic E-state index is -3.61. The number of ketones is 1. The van der Waals surface area contributed by atoms with E-state index in [4.69, 9.17) is 0 Å². The van der Waals surface area contributed by atoms with Crippen molar-refractivity contribution in [2.45, 2.75) is 51.5 Å². The van der Waals surface area contributed by atoms with E-state index in [1.54, 1.807) is 0 Å². The molecule has 1 fully saturated rings. The predicted molar refractivity (Wildman–Crippen MR) is 113 cm³/mol. The lowest BCUT2D eigenvalue weighted by Crippen LogP contribution is -2.44. The molecule has 0 unspecified atom stereocenters. The minimum Gasteiger partial charge on any atom is -0.355 e. The minimum absolute atomic E-state index is 0.00710. The molecule has 0 aromatic heterocycles. The molecule has 0 saturated carbocycles. The molecule has 1 saturated heterocycles. The molecule has 0 aliphatic carbocycles. The largest absolute Gasteiger partial charge is 0.355 e. The fourth-order valence-corrected chi connectivity index (χ4v) is 5.09. The van der Waals surface area contributed by atoms with Crippen molar-refractivity contribution >= 4 is 21.7 Å². The molecule has 162 valence electrons. The standard InChI is InChI=1S/C21H33N3O4S/c1-5-23(16(2)3)15-12-22-21(26)19-10-13-24(14-11-19)29(27,28)20-8-6-18(7-9-20)17(4)25/h6-9,16,19H,5,10-15H2,1-4H3,(H,22,26). The summed E-state index contributed by atoms with van der Waals surface area (Å²) >= 11 is 0. The van der Waals surface area contributed by atoms with Gasteiger partial charge in [0.1, 0.15) is 0 Å². The molecule has 0 spiro atoms. The average Bonchev–Trinajstić information content (AvgIpc) is 2.71. The maximum Gasteiger partial charge on any atom is 0.243 e. The fourth-order valence-electron chi connectivity index (χ4n) is 3.62. The Kier molecular flexibility index (Phi) is 8.36. The summed E-state index contributed by atoms with van der Waals surface area (Å²) in [5, 5.41) is 2.99. The molecule has 0 radical (unpaired) electrons. The van der Waals surface area contributed by atoms with Gasteiger partial charge in [-0.3, -0.25) is 14.5 Å². The molecule has 29 heavy (non-hydrogen) atoms. The lowest BCUT2D eigenvalue weighted by Gasteiger charge is -2.31. The molecule has 8 heteroatoms. The van der Waals surface area contributed by atoms with Gasteiger partial charge in [-0.05, 0) is 52.3 Å². The van der Waals surface area contributed by atoms with Gasteiger partial charge in [0.2, 0.25) is 15.9 Å². The number of hydrogen-bond acceptors (Lipinski definition) is 5. The van der Waals surface area contributed by atoms with Crippen LogP contribution in [-0.4, -0.2) is 68.1 Å². The van der Waals surface area contributed by atoms with Gasteiger partial charge in [0, 0.05) is 43.7 Å². The third-order valence-corrected chi connectivity index (χ3v) is 7.47. The molecule has 0 atom stereocenters. The van der Waals surface area contributed by atoms with E-state index in [9.17, 15) is 18.0 Å². The van der Waals surface area contributed by atoms with Gasteiger partial charge in [-0.2, -0.15) is 4.31 Å². The molecule has 2 rings (SSSR count). The van der Waals surface area contributed by atoms with Crippen LogP contribution < -0.4 is 5.32 Å². The summed E-state index contributed by atoms with van der Waals surface area (Å²) in [5.74, 6) is -0.250. The summed E-state index contributed by atoms with van der Waals surface area (Å²) in [7, 11) is -3.61. The molecule has 1 heterocycles. The number of carbonyl (C=O) groups excluding carboxylic acids is 2. The normalized spacial score (nSPS) is 16.3. The van der Waals surface area contributed by atoms with Crippen LogP contribution in [0.5, 0.6) is 0 Å². The molecule has 1 aliphatic heterocycles. The number of rotatable bonds is 9. The number of Topliss-reactive ketones (excluding diaryl/α,β-unsaturated/α-hetero) is 1. The SMILES string of the molecule is CCN(CCNC(=O)C1CCN(S(=O)(=O)c2ccc(C(C)=O)cc2)CC1)C(C)C. The number of benzene rings is 1. The predicted octanol–water partition coefficient (Wildman–Crippen LogP) is 2.14. The van der Waals surface area contributed by atoms with Crippen LogP contribution in [0.2, 0.25) is 0 Å². The number of carbonyl (C=O) groups is 2. The Bertz CT molecular complexity index is 798. The number of likely N-dealkylation sites (N-methyl/N-ethyl adjacent to an activating group) is 1. The highest BCUT2D eigenvalue weighted by Crippen LogP contribution is 2.24. The summed E-state index contributed by atoms with van der Waals surface area (Å²) in [6, 6.07) is 6.45. The maximum atomic E-state index is 12.8. The first-order valence-electron chi connectivity index (χ1n) is 10.3. The first kappa shape index (κ1) is 23.5. The molecule has 0 bridgehead atoms. The van der Waals surface area contributed by atoms with Crippen LogP contribution >= 0.6 is 0 Å². The lowest BCUT2D eigenvalue weighted by molar-refractivity contribution is -0.126. The van der Waals surface area contributed by atoms with Crippen LogP contribution in [0.4, 0.5) is 0 Å². The van der Waals surface area contributed by atoms with Gasteiger partial charge < -0.3 is 5.32 Å². The average molecular weight is 424 g/mol. The van der Waals surface area contributed by atoms with Crippen LogP contribution in [0, 0.1) is 5.92 Å². The summed E-state index contributed by atoms with van der Waals surface area (Å²) in [4.78, 5) is 26.3. The van der Waals surface area contributed by atoms with E-state index in [0.29, 0.717) is 44.1 Å². The van der Waals surface area contributed by atoms with Gasteiger partial charge in [0.15, 0.2) is 5.78 Å². The topological polar surface area (TPSA) is 86.8 Å². The number of sulfonamides is 1. The Labute approximate surface area is 174 Å². The van der Waals surface area contributed by atoms with Crippen molar-refractivity contribution in [1.82, 2.24) is 14.5 Å². The van der Waals surface area contributed by atoms with Gasteiger partial charge >= 0.3 is 0 Å². The van der Waals surface area contributed by atoms with E-state index in [1.165, 1.54) is 35.5 Å². The van der Waals surface area contributed by atoms with Crippen LogP contribution in [-0.2, 0) is 14.8 Å². The van der Waals surface area contributed by atoms with Crippen molar-refractivity contribution < 1.29 is 18.0 Å². The van der Waals surface area contributed by atoms with Crippen LogP contribution in [0.25, 0.3) is 0 Å². The van der Waals surface area contributed by atoms with E-state index in [2.05, 4.69) is 31.0 Å². The number of nitrogens with zero attached hydrogens (tertiary/aromatic N) is 2. The van der Waals surface area contributed by atoms with E-state index in [-0.39, 0.29) is 22.5 Å². The summed E-state index contributed by atoms with van der Waals surface area (Å²) in [6.45, 7) is 10.8. The van der Waals surface area contributed by atoms with Crippen LogP contribution in [0.1, 0.15) is 50.9 Å². The van der Waals surface area contributed by atoms with E-state index in [1.807, 2.05) is 0 Å². The quantitative estimate of drug-likeness (QED) is 0.615. The number of hydrogen-bond donors (Lipinski definition) is 1. The van der Waals surface area contributed by atoms with Crippen molar-refractivity contribution in [1.29, 1.82) is 0 Å². The molecule has 1 aliphatic rings. The van der Waals surface area contributed by atoms with Gasteiger partial charge in [-0.15, -0.1) is 0 Å². The third-order valence-electron chi connectivity index (χ3n) is 5.56. The van der Waals surface area contributed by atoms with Gasteiger partial charge in [-0.25, -0.2) is 8.42 Å². The van der Waals surface area contributed by atoms with E-state index >= 15 is 0 Å². The summed E-state index contributed by atoms with van der Waals surface area (Å²) in [5.41, 5.74) is 0.485. The zero-order valence-corrected chi connectivity index (χ0v) is 18.7. The van der Waals surface area contributed by atoms with E-state index < -0.39 is 10.0 Å². The number of nitrogens with one attached hydrogen (secondary N) is 1. The van der Waals surface area contributed by atoms with Crippen LogP contribution in [0.15, 0.2) is 29.2 Å². The Morgan fingerprint density at radius 1 is 1.17 bits per heavy atom. The highest BCUT2D eigenvalue weighted by atomic mass is 32.2. The van der Waals surface area contributed by atoms with Crippen molar-refractivity contribution in [2.75, 3.05) is 32.7 Å². The lowest BCUT2D eigenvalue weighted by atomic mass is 9.97.